The summed E-state index contributed by atoms with van der Waals surface area (Å²) in [6.45, 7) is 5.28. The van der Waals surface area contributed by atoms with E-state index in [1.807, 2.05) is 47.7 Å². The first-order valence-corrected chi connectivity index (χ1v) is 14.8. The number of benzene rings is 2. The maximum absolute atomic E-state index is 15.7. The Hall–Kier alpha value is -4.43. The number of ether oxygens (including phenoxy) is 2. The Balaban J connectivity index is 1.16. The van der Waals surface area contributed by atoms with Gasteiger partial charge in [0.1, 0.15) is 23.6 Å². The van der Waals surface area contributed by atoms with E-state index in [4.69, 9.17) is 18.3 Å². The van der Waals surface area contributed by atoms with Crippen LogP contribution in [0.4, 0.5) is 10.1 Å². The van der Waals surface area contributed by atoms with Crippen molar-refractivity contribution in [3.63, 3.8) is 0 Å². The van der Waals surface area contributed by atoms with Gasteiger partial charge in [0.05, 0.1) is 29.8 Å². The van der Waals surface area contributed by atoms with Gasteiger partial charge >= 0.3 is 0 Å². The van der Waals surface area contributed by atoms with Gasteiger partial charge in [0.25, 0.3) is 11.1 Å². The summed E-state index contributed by atoms with van der Waals surface area (Å²) < 4.78 is 40.5. The van der Waals surface area contributed by atoms with E-state index in [1.165, 1.54) is 17.8 Å². The molecule has 2 aliphatic heterocycles. The minimum atomic E-state index is -0.488. The van der Waals surface area contributed by atoms with E-state index in [2.05, 4.69) is 25.3 Å². The summed E-state index contributed by atoms with van der Waals surface area (Å²) >= 11 is 1.20. The zero-order chi connectivity index (χ0) is 29.7. The number of thioether (sulfide) groups is 1. The number of halogens is 1. The number of anilines is 1. The van der Waals surface area contributed by atoms with Crippen LogP contribution >= 0.6 is 11.8 Å². The van der Waals surface area contributed by atoms with Gasteiger partial charge in [-0.2, -0.15) is 0 Å². The van der Waals surface area contributed by atoms with Crippen LogP contribution in [0.2, 0.25) is 0 Å². The molecular formula is C29H28FN7O5S. The second-order valence-electron chi connectivity index (χ2n) is 10.6. The summed E-state index contributed by atoms with van der Waals surface area (Å²) in [4.78, 5) is 17.9. The number of rotatable bonds is 7. The van der Waals surface area contributed by atoms with E-state index in [9.17, 15) is 4.79 Å². The summed E-state index contributed by atoms with van der Waals surface area (Å²) in [6, 6.07) is 8.49. The van der Waals surface area contributed by atoms with Gasteiger partial charge in [0.2, 0.25) is 17.2 Å². The molecule has 0 saturated carbocycles. The van der Waals surface area contributed by atoms with Crippen molar-refractivity contribution in [2.24, 2.45) is 0 Å². The molecule has 0 amide bonds. The van der Waals surface area contributed by atoms with E-state index >= 15 is 4.39 Å². The van der Waals surface area contributed by atoms with E-state index in [0.29, 0.717) is 48.4 Å². The number of aromatic nitrogens is 5. The molecule has 2 aliphatic rings. The quantitative estimate of drug-likeness (QED) is 0.246. The maximum Gasteiger partial charge on any atom is 0.277 e. The molecule has 3 aromatic heterocycles. The molecule has 0 bridgehead atoms. The highest BCUT2D eigenvalue weighted by Crippen LogP contribution is 2.42. The molecule has 222 valence electrons. The Labute approximate surface area is 249 Å². The minimum absolute atomic E-state index is 0.0476. The fourth-order valence-electron chi connectivity index (χ4n) is 5.35. The number of piperazine rings is 1. The van der Waals surface area contributed by atoms with Gasteiger partial charge in [-0.15, -0.1) is 20.4 Å². The molecule has 2 aromatic carbocycles. The Morgan fingerprint density at radius 2 is 1.81 bits per heavy atom. The van der Waals surface area contributed by atoms with Crippen molar-refractivity contribution in [3.05, 3.63) is 58.5 Å². The van der Waals surface area contributed by atoms with Crippen molar-refractivity contribution in [3.8, 4) is 34.4 Å². The van der Waals surface area contributed by atoms with Gasteiger partial charge in [0, 0.05) is 37.9 Å². The van der Waals surface area contributed by atoms with E-state index in [0.717, 1.165) is 24.4 Å². The van der Waals surface area contributed by atoms with E-state index < -0.39 is 11.2 Å². The second kappa shape index (κ2) is 11.0. The third-order valence-electron chi connectivity index (χ3n) is 7.72. The van der Waals surface area contributed by atoms with Crippen LogP contribution in [0.25, 0.3) is 33.8 Å². The van der Waals surface area contributed by atoms with E-state index in [-0.39, 0.29) is 33.9 Å². The number of pyridine rings is 1. The fourth-order valence-corrected chi connectivity index (χ4v) is 5.95. The third-order valence-corrected chi connectivity index (χ3v) is 8.52. The summed E-state index contributed by atoms with van der Waals surface area (Å²) in [5.41, 5.74) is 1.52. The van der Waals surface area contributed by atoms with Crippen molar-refractivity contribution in [1.29, 1.82) is 0 Å². The van der Waals surface area contributed by atoms with Crippen molar-refractivity contribution >= 4 is 28.4 Å². The number of hydrogen-bond donors (Lipinski definition) is 0. The van der Waals surface area contributed by atoms with Gasteiger partial charge in [-0.1, -0.05) is 11.8 Å². The van der Waals surface area contributed by atoms with Gasteiger partial charge in [0.15, 0.2) is 11.6 Å². The monoisotopic (exact) mass is 605 g/mol. The maximum atomic E-state index is 15.7. The molecule has 1 saturated heterocycles. The molecule has 5 heterocycles. The predicted molar refractivity (Wildman–Crippen MR) is 157 cm³/mol. The first-order valence-electron chi connectivity index (χ1n) is 13.8. The summed E-state index contributed by atoms with van der Waals surface area (Å²) in [5, 5.41) is 16.9. The minimum Gasteiger partial charge on any atom is -0.497 e. The molecule has 0 N–H and O–H groups in total. The molecule has 1 unspecified atom stereocenters. The molecule has 5 aromatic rings. The van der Waals surface area contributed by atoms with Crippen LogP contribution in [0.3, 0.4) is 0 Å². The number of nitrogens with zero attached hydrogens (tertiary/aromatic N) is 7. The summed E-state index contributed by atoms with van der Waals surface area (Å²) in [6.07, 6.45) is 1.70. The van der Waals surface area contributed by atoms with E-state index in [1.54, 1.807) is 13.3 Å². The fraction of sp³-hybridized carbons (Fsp3) is 0.345. The standard InChI is InChI=1S/C29H28FN7O5S/c1-16-14-40-26-23-19(12-21(30)24(26)36-10-8-35(2)9-11-36)25(38)20(13-37(16)23)28-33-34-29(42-28)43-15-22-31-32-27(41-22)17-4-6-18(39-3)7-5-17/h4-7,12-13,16H,8-11,14-15H2,1-3H3. The smallest absolute Gasteiger partial charge is 0.277 e. The lowest BCUT2D eigenvalue weighted by molar-refractivity contribution is 0.245. The van der Waals surface area contributed by atoms with Crippen molar-refractivity contribution in [2.75, 3.05) is 51.8 Å². The van der Waals surface area contributed by atoms with Crippen molar-refractivity contribution in [2.45, 2.75) is 23.9 Å². The van der Waals surface area contributed by atoms with Crippen LogP contribution in [0.1, 0.15) is 18.9 Å². The largest absolute Gasteiger partial charge is 0.497 e. The molecule has 0 radical (unpaired) electrons. The molecule has 0 spiro atoms. The van der Waals surface area contributed by atoms with Crippen LogP contribution in [0.5, 0.6) is 11.5 Å². The van der Waals surface area contributed by atoms with Crippen LogP contribution in [0.15, 0.2) is 55.4 Å². The Kier molecular flexibility index (Phi) is 7.01. The summed E-state index contributed by atoms with van der Waals surface area (Å²) in [5.74, 6) is 1.72. The SMILES string of the molecule is COc1ccc(-c2nnc(CSc3nnc(-c4cn5c6c(c(N7CCN(C)CC7)c(F)cc6c4=O)OCC5C)o3)o2)cc1. The zero-order valence-electron chi connectivity index (χ0n) is 23.7. The van der Waals surface area contributed by atoms with Crippen LogP contribution < -0.4 is 19.8 Å². The molecule has 0 aliphatic carbocycles. The van der Waals surface area contributed by atoms with Crippen molar-refractivity contribution in [1.82, 2.24) is 29.9 Å². The zero-order valence-corrected chi connectivity index (χ0v) is 24.6. The number of methoxy groups -OCH3 is 1. The van der Waals surface area contributed by atoms with Gasteiger partial charge < -0.3 is 32.7 Å². The molecule has 1 atom stereocenters. The van der Waals surface area contributed by atoms with Crippen LogP contribution in [-0.4, -0.2) is 76.8 Å². The Morgan fingerprint density at radius 3 is 2.58 bits per heavy atom. The topological polar surface area (TPSA) is 125 Å². The van der Waals surface area contributed by atoms with Gasteiger partial charge in [-0.05, 0) is 44.3 Å². The van der Waals surface area contributed by atoms with Gasteiger partial charge in [-0.25, -0.2) is 4.39 Å². The highest BCUT2D eigenvalue weighted by Gasteiger charge is 2.31. The first-order chi connectivity index (χ1) is 20.9. The molecule has 14 heteroatoms. The Bertz CT molecular complexity index is 1860. The third kappa shape index (κ3) is 4.99. The average molecular weight is 606 g/mol. The first kappa shape index (κ1) is 27.4. The molecule has 1 fully saturated rings. The lowest BCUT2D eigenvalue weighted by atomic mass is 10.1. The molecule has 43 heavy (non-hydrogen) atoms. The lowest BCUT2D eigenvalue weighted by Crippen LogP contribution is -2.45. The number of hydrogen-bond acceptors (Lipinski definition) is 12. The highest BCUT2D eigenvalue weighted by molar-refractivity contribution is 7.98. The lowest BCUT2D eigenvalue weighted by Gasteiger charge is -2.37. The summed E-state index contributed by atoms with van der Waals surface area (Å²) in [7, 11) is 3.64. The van der Waals surface area contributed by atoms with Crippen LogP contribution in [-0.2, 0) is 5.75 Å². The normalized spacial score (nSPS) is 16.9. The number of likely N-dealkylation sites (N-methyl/N-ethyl adjacent to an activating group) is 1. The Morgan fingerprint density at radius 1 is 1.05 bits per heavy atom. The van der Waals surface area contributed by atoms with Crippen LogP contribution in [0, 0.1) is 5.82 Å². The van der Waals surface area contributed by atoms with Gasteiger partial charge in [-0.3, -0.25) is 4.79 Å². The average Bonchev–Trinajstić information content (AvgIpc) is 3.70. The second-order valence-corrected chi connectivity index (χ2v) is 11.5. The molecular weight excluding hydrogens is 577 g/mol. The van der Waals surface area contributed by atoms with Crippen molar-refractivity contribution < 1.29 is 22.7 Å². The molecule has 7 rings (SSSR count). The predicted octanol–water partition coefficient (Wildman–Crippen LogP) is 4.25. The highest BCUT2D eigenvalue weighted by atomic mass is 32.2. The molecule has 12 nitrogen and oxygen atoms in total.